The minimum Gasteiger partial charge on any atom is -0.494 e. The van der Waals surface area contributed by atoms with Crippen molar-refractivity contribution in [3.63, 3.8) is 0 Å². The minimum atomic E-state index is -0.202. The van der Waals surface area contributed by atoms with Crippen LogP contribution in [0, 0.1) is 10.8 Å². The number of nitrogens with two attached hydrogens (primary N) is 1. The van der Waals surface area contributed by atoms with Gasteiger partial charge in [0.15, 0.2) is 0 Å². The predicted molar refractivity (Wildman–Crippen MR) is 90.2 cm³/mol. The van der Waals surface area contributed by atoms with E-state index in [1.165, 1.54) is 5.56 Å². The summed E-state index contributed by atoms with van der Waals surface area (Å²) in [6.45, 7) is 11.4. The van der Waals surface area contributed by atoms with E-state index in [0.29, 0.717) is 6.61 Å². The van der Waals surface area contributed by atoms with Crippen molar-refractivity contribution in [1.29, 1.82) is 5.41 Å². The summed E-state index contributed by atoms with van der Waals surface area (Å²) >= 11 is 0. The van der Waals surface area contributed by atoms with Crippen LogP contribution in [0.25, 0.3) is 0 Å². The molecule has 118 valence electrons. The fourth-order valence-electron chi connectivity index (χ4n) is 2.05. The number of hydrogen-bond donors (Lipinski definition) is 2. The Kier molecular flexibility index (Phi) is 5.82. The summed E-state index contributed by atoms with van der Waals surface area (Å²) < 4.78 is 5.83. The van der Waals surface area contributed by atoms with Crippen LogP contribution >= 0.6 is 0 Å². The molecule has 0 spiro atoms. The lowest BCUT2D eigenvalue weighted by Crippen LogP contribution is -2.30. The molecule has 0 heterocycles. The zero-order chi connectivity index (χ0) is 16.1. The number of hydrogen-bond acceptors (Lipinski definition) is 2. The highest BCUT2D eigenvalue weighted by Crippen LogP contribution is 2.26. The summed E-state index contributed by atoms with van der Waals surface area (Å²) in [4.78, 5) is 0. The Balaban J connectivity index is 2.39. The molecule has 0 radical (unpaired) electrons. The van der Waals surface area contributed by atoms with E-state index < -0.39 is 0 Å². The van der Waals surface area contributed by atoms with Crippen LogP contribution in [0.5, 0.6) is 5.75 Å². The van der Waals surface area contributed by atoms with Crippen LogP contribution in [0.4, 0.5) is 0 Å². The van der Waals surface area contributed by atoms with Crippen LogP contribution < -0.4 is 10.5 Å². The third-order valence-electron chi connectivity index (χ3n) is 3.89. The summed E-state index contributed by atoms with van der Waals surface area (Å²) in [6, 6.07) is 8.32. The molecule has 0 aliphatic rings. The number of nitrogens with one attached hydrogen (secondary N) is 1. The summed E-state index contributed by atoms with van der Waals surface area (Å²) in [7, 11) is 0. The highest BCUT2D eigenvalue weighted by atomic mass is 16.5. The Labute approximate surface area is 129 Å². The summed E-state index contributed by atoms with van der Waals surface area (Å²) in [5.74, 6) is 1.20. The van der Waals surface area contributed by atoms with Gasteiger partial charge in [-0.3, -0.25) is 5.41 Å². The highest BCUT2D eigenvalue weighted by Gasteiger charge is 2.20. The molecule has 0 aliphatic heterocycles. The minimum absolute atomic E-state index is 0.144. The Morgan fingerprint density at radius 3 is 2.38 bits per heavy atom. The van der Waals surface area contributed by atoms with E-state index in [1.807, 2.05) is 19.9 Å². The van der Waals surface area contributed by atoms with Crippen LogP contribution in [-0.2, 0) is 5.41 Å². The molecule has 0 bridgehead atoms. The molecule has 0 fully saturated rings. The second-order valence-corrected chi connectivity index (χ2v) is 7.38. The first kappa shape index (κ1) is 17.5. The number of unbranched alkanes of at least 4 members (excludes halogenated alkanes) is 1. The summed E-state index contributed by atoms with van der Waals surface area (Å²) in [6.07, 6.45) is 2.93. The van der Waals surface area contributed by atoms with Crippen LogP contribution in [0.1, 0.15) is 59.4 Å². The molecule has 1 aromatic rings. The van der Waals surface area contributed by atoms with Crippen molar-refractivity contribution in [2.24, 2.45) is 11.1 Å². The third kappa shape index (κ3) is 5.78. The number of rotatable bonds is 7. The van der Waals surface area contributed by atoms with E-state index in [-0.39, 0.29) is 16.7 Å². The van der Waals surface area contributed by atoms with Gasteiger partial charge in [-0.05, 0) is 42.4 Å². The Bertz CT molecular complexity index is 472. The van der Waals surface area contributed by atoms with Crippen molar-refractivity contribution in [1.82, 2.24) is 0 Å². The van der Waals surface area contributed by atoms with Gasteiger partial charge in [0.25, 0.3) is 0 Å². The normalized spacial score (nSPS) is 12.2. The Morgan fingerprint density at radius 1 is 1.14 bits per heavy atom. The first-order valence-corrected chi connectivity index (χ1v) is 7.71. The predicted octanol–water partition coefficient (Wildman–Crippen LogP) is 4.50. The molecule has 1 rings (SSSR count). The zero-order valence-corrected chi connectivity index (χ0v) is 14.1. The number of ether oxygens (including phenoxy) is 1. The summed E-state index contributed by atoms with van der Waals surface area (Å²) in [5, 5.41) is 7.54. The molecule has 21 heavy (non-hydrogen) atoms. The van der Waals surface area contributed by atoms with E-state index in [1.54, 1.807) is 0 Å². The van der Waals surface area contributed by atoms with Gasteiger partial charge >= 0.3 is 0 Å². The SMILES string of the molecule is CC(C)(CCCCOc1cccc(C(C)(C)C)c1)C(=N)N. The summed E-state index contributed by atoms with van der Waals surface area (Å²) in [5.41, 5.74) is 6.82. The van der Waals surface area contributed by atoms with Crippen molar-refractivity contribution in [2.75, 3.05) is 6.61 Å². The Morgan fingerprint density at radius 2 is 1.81 bits per heavy atom. The lowest BCUT2D eigenvalue weighted by molar-refractivity contribution is 0.295. The molecular formula is C18H30N2O. The molecule has 0 saturated heterocycles. The molecule has 3 nitrogen and oxygen atoms in total. The van der Waals surface area contributed by atoms with Crippen molar-refractivity contribution in [3.8, 4) is 5.75 Å². The van der Waals surface area contributed by atoms with Gasteiger partial charge in [0, 0.05) is 5.41 Å². The maximum absolute atomic E-state index is 7.54. The van der Waals surface area contributed by atoms with Gasteiger partial charge in [-0.25, -0.2) is 0 Å². The standard InChI is InChI=1S/C18H30N2O/c1-17(2,3)14-9-8-10-15(13-14)21-12-7-6-11-18(4,5)16(19)20/h8-10,13H,6-7,11-12H2,1-5H3,(H3,19,20). The fourth-order valence-corrected chi connectivity index (χ4v) is 2.05. The second kappa shape index (κ2) is 6.97. The van der Waals surface area contributed by atoms with Crippen LogP contribution in [0.15, 0.2) is 24.3 Å². The average molecular weight is 290 g/mol. The average Bonchev–Trinajstić information content (AvgIpc) is 2.37. The molecule has 3 N–H and O–H groups in total. The fraction of sp³-hybridized carbons (Fsp3) is 0.611. The molecule has 0 saturated carbocycles. The van der Waals surface area contributed by atoms with Crippen LogP contribution in [-0.4, -0.2) is 12.4 Å². The van der Waals surface area contributed by atoms with E-state index >= 15 is 0 Å². The van der Waals surface area contributed by atoms with E-state index in [4.69, 9.17) is 15.9 Å². The molecule has 0 atom stereocenters. The van der Waals surface area contributed by atoms with Gasteiger partial charge in [0.05, 0.1) is 12.4 Å². The second-order valence-electron chi connectivity index (χ2n) is 7.38. The molecule has 0 unspecified atom stereocenters. The zero-order valence-electron chi connectivity index (χ0n) is 14.1. The maximum atomic E-state index is 7.54. The van der Waals surface area contributed by atoms with Crippen molar-refractivity contribution < 1.29 is 4.74 Å². The molecular weight excluding hydrogens is 260 g/mol. The van der Waals surface area contributed by atoms with Gasteiger partial charge in [0.1, 0.15) is 5.75 Å². The van der Waals surface area contributed by atoms with E-state index in [2.05, 4.69) is 39.0 Å². The topological polar surface area (TPSA) is 59.1 Å². The number of benzene rings is 1. The smallest absolute Gasteiger partial charge is 0.119 e. The molecule has 1 aromatic carbocycles. The monoisotopic (exact) mass is 290 g/mol. The first-order chi connectivity index (χ1) is 9.63. The first-order valence-electron chi connectivity index (χ1n) is 7.71. The van der Waals surface area contributed by atoms with Crippen LogP contribution in [0.2, 0.25) is 0 Å². The lowest BCUT2D eigenvalue weighted by Gasteiger charge is -2.22. The van der Waals surface area contributed by atoms with Gasteiger partial charge in [-0.15, -0.1) is 0 Å². The van der Waals surface area contributed by atoms with Gasteiger partial charge in [-0.1, -0.05) is 46.8 Å². The van der Waals surface area contributed by atoms with Gasteiger partial charge < -0.3 is 10.5 Å². The molecule has 0 amide bonds. The quantitative estimate of drug-likeness (QED) is 0.441. The molecule has 0 aromatic heterocycles. The third-order valence-corrected chi connectivity index (χ3v) is 3.89. The van der Waals surface area contributed by atoms with Crippen molar-refractivity contribution in [3.05, 3.63) is 29.8 Å². The van der Waals surface area contributed by atoms with E-state index in [9.17, 15) is 0 Å². The van der Waals surface area contributed by atoms with E-state index in [0.717, 1.165) is 25.0 Å². The van der Waals surface area contributed by atoms with Crippen molar-refractivity contribution >= 4 is 5.84 Å². The van der Waals surface area contributed by atoms with Gasteiger partial charge in [-0.2, -0.15) is 0 Å². The highest BCUT2D eigenvalue weighted by molar-refractivity contribution is 5.82. The molecule has 0 aliphatic carbocycles. The Hall–Kier alpha value is -1.51. The maximum Gasteiger partial charge on any atom is 0.119 e. The largest absolute Gasteiger partial charge is 0.494 e. The lowest BCUT2D eigenvalue weighted by atomic mass is 9.86. The number of amidine groups is 1. The van der Waals surface area contributed by atoms with Gasteiger partial charge in [0.2, 0.25) is 0 Å². The molecule has 3 heteroatoms. The van der Waals surface area contributed by atoms with Crippen LogP contribution in [0.3, 0.4) is 0 Å². The van der Waals surface area contributed by atoms with Crippen molar-refractivity contribution in [2.45, 2.75) is 59.3 Å².